The number of amides is 2. The molecule has 2 N–H and O–H groups in total. The van der Waals surface area contributed by atoms with Crippen molar-refractivity contribution >= 4 is 27.8 Å². The Hall–Kier alpha value is -3.42. The van der Waals surface area contributed by atoms with Crippen molar-refractivity contribution in [2.45, 2.75) is 4.90 Å². The van der Waals surface area contributed by atoms with E-state index < -0.39 is 34.4 Å². The van der Waals surface area contributed by atoms with Gasteiger partial charge in [-0.3, -0.25) is 14.9 Å². The maximum atomic E-state index is 12.0. The molecule has 0 atom stereocenters. The topological polar surface area (TPSA) is 124 Å². The van der Waals surface area contributed by atoms with Gasteiger partial charge >= 0.3 is 5.97 Å². The molecule has 10 heteroatoms. The summed E-state index contributed by atoms with van der Waals surface area (Å²) in [6, 6.07) is 8.05. The van der Waals surface area contributed by atoms with E-state index in [1.807, 2.05) is 0 Å². The fraction of sp³-hybridized carbons (Fsp3) is 0.167. The van der Waals surface area contributed by atoms with Gasteiger partial charge in [0.1, 0.15) is 5.69 Å². The third-order valence-electron chi connectivity index (χ3n) is 3.53. The standard InChI is InChI=1S/C18H17N3O6S/c1-3-10-19-28(25,26)14-8-6-13(7-9-14)18(24)27-12-16(22)20-17(23)15-5-4-11-21(15)2/h1,4-9,11,19H,10,12H2,2H3,(H,20,22,23). The molecule has 9 nitrogen and oxygen atoms in total. The van der Waals surface area contributed by atoms with Crippen LogP contribution in [-0.4, -0.2) is 43.9 Å². The Bertz CT molecular complexity index is 1030. The van der Waals surface area contributed by atoms with Gasteiger partial charge in [0.15, 0.2) is 6.61 Å². The van der Waals surface area contributed by atoms with Crippen molar-refractivity contribution in [3.63, 3.8) is 0 Å². The zero-order valence-electron chi connectivity index (χ0n) is 14.8. The average molecular weight is 403 g/mol. The summed E-state index contributed by atoms with van der Waals surface area (Å²) in [5.74, 6) is -0.114. The Morgan fingerprint density at radius 3 is 2.43 bits per heavy atom. The Balaban J connectivity index is 1.91. The maximum Gasteiger partial charge on any atom is 0.338 e. The van der Waals surface area contributed by atoms with Crippen LogP contribution >= 0.6 is 0 Å². The molecule has 2 amide bonds. The number of hydrogen-bond donors (Lipinski definition) is 2. The molecule has 0 spiro atoms. The number of aryl methyl sites for hydroxylation is 1. The van der Waals surface area contributed by atoms with Crippen LogP contribution in [0.2, 0.25) is 0 Å². The summed E-state index contributed by atoms with van der Waals surface area (Å²) in [6.45, 7) is -0.832. The van der Waals surface area contributed by atoms with Crippen LogP contribution in [0.3, 0.4) is 0 Å². The van der Waals surface area contributed by atoms with E-state index >= 15 is 0 Å². The first kappa shape index (κ1) is 20.9. The minimum atomic E-state index is -3.78. The highest BCUT2D eigenvalue weighted by Gasteiger charge is 2.17. The van der Waals surface area contributed by atoms with Crippen LogP contribution in [0.5, 0.6) is 0 Å². The summed E-state index contributed by atoms with van der Waals surface area (Å²) >= 11 is 0. The van der Waals surface area contributed by atoms with E-state index in [4.69, 9.17) is 11.2 Å². The second kappa shape index (κ2) is 8.98. The zero-order chi connectivity index (χ0) is 20.7. The van der Waals surface area contributed by atoms with Crippen molar-refractivity contribution in [2.75, 3.05) is 13.2 Å². The largest absolute Gasteiger partial charge is 0.452 e. The summed E-state index contributed by atoms with van der Waals surface area (Å²) in [5, 5.41) is 2.10. The number of nitrogens with one attached hydrogen (secondary N) is 2. The maximum absolute atomic E-state index is 12.0. The molecule has 0 saturated heterocycles. The molecule has 0 radical (unpaired) electrons. The minimum absolute atomic E-state index is 0.0393. The lowest BCUT2D eigenvalue weighted by atomic mass is 10.2. The Morgan fingerprint density at radius 2 is 1.86 bits per heavy atom. The van der Waals surface area contributed by atoms with Crippen molar-refractivity contribution in [3.8, 4) is 12.3 Å². The molecule has 2 aromatic rings. The van der Waals surface area contributed by atoms with E-state index in [2.05, 4.69) is 16.0 Å². The lowest BCUT2D eigenvalue weighted by Gasteiger charge is -2.07. The van der Waals surface area contributed by atoms with Crippen molar-refractivity contribution in [2.24, 2.45) is 7.05 Å². The van der Waals surface area contributed by atoms with Crippen molar-refractivity contribution < 1.29 is 27.5 Å². The highest BCUT2D eigenvalue weighted by molar-refractivity contribution is 7.89. The third kappa shape index (κ3) is 5.29. The van der Waals surface area contributed by atoms with E-state index in [1.165, 1.54) is 34.9 Å². The third-order valence-corrected chi connectivity index (χ3v) is 4.95. The van der Waals surface area contributed by atoms with E-state index in [1.54, 1.807) is 19.3 Å². The van der Waals surface area contributed by atoms with Crippen molar-refractivity contribution in [1.82, 2.24) is 14.6 Å². The highest BCUT2D eigenvalue weighted by Crippen LogP contribution is 2.11. The molecule has 1 aromatic heterocycles. The first-order valence-corrected chi connectivity index (χ1v) is 9.38. The monoisotopic (exact) mass is 403 g/mol. The summed E-state index contributed by atoms with van der Waals surface area (Å²) in [6.07, 6.45) is 6.65. The number of nitrogens with zero attached hydrogens (tertiary/aromatic N) is 1. The molecule has 0 saturated carbocycles. The normalized spacial score (nSPS) is 10.7. The number of rotatable bonds is 7. The molecule has 1 aromatic carbocycles. The molecule has 0 unspecified atom stereocenters. The Morgan fingerprint density at radius 1 is 1.18 bits per heavy atom. The van der Waals surface area contributed by atoms with E-state index in [0.717, 1.165) is 0 Å². The molecule has 0 aliphatic carbocycles. The smallest absolute Gasteiger partial charge is 0.338 e. The molecule has 0 bridgehead atoms. The number of sulfonamides is 1. The van der Waals surface area contributed by atoms with Crippen LogP contribution in [0.15, 0.2) is 47.5 Å². The van der Waals surface area contributed by atoms with Crippen LogP contribution in [0.4, 0.5) is 0 Å². The van der Waals surface area contributed by atoms with Gasteiger partial charge in [0.25, 0.3) is 11.8 Å². The van der Waals surface area contributed by atoms with Crippen molar-refractivity contribution in [1.29, 1.82) is 0 Å². The average Bonchev–Trinajstić information content (AvgIpc) is 3.10. The molecule has 1 heterocycles. The predicted molar refractivity (Wildman–Crippen MR) is 98.6 cm³/mol. The first-order valence-electron chi connectivity index (χ1n) is 7.90. The fourth-order valence-corrected chi connectivity index (χ4v) is 3.06. The summed E-state index contributed by atoms with van der Waals surface area (Å²) in [7, 11) is -2.13. The number of hydrogen-bond acceptors (Lipinski definition) is 6. The van der Waals surface area contributed by atoms with Gasteiger partial charge < -0.3 is 9.30 Å². The number of ether oxygens (including phenoxy) is 1. The van der Waals surface area contributed by atoms with Crippen LogP contribution in [0, 0.1) is 12.3 Å². The van der Waals surface area contributed by atoms with E-state index in [0.29, 0.717) is 0 Å². The van der Waals surface area contributed by atoms with Gasteiger partial charge in [-0.15, -0.1) is 6.42 Å². The number of imide groups is 1. The van der Waals surface area contributed by atoms with Gasteiger partial charge in [-0.2, -0.15) is 4.72 Å². The molecule has 0 fully saturated rings. The van der Waals surface area contributed by atoms with Gasteiger partial charge in [0, 0.05) is 13.2 Å². The lowest BCUT2D eigenvalue weighted by molar-refractivity contribution is -0.123. The zero-order valence-corrected chi connectivity index (χ0v) is 15.7. The van der Waals surface area contributed by atoms with E-state index in [9.17, 15) is 22.8 Å². The summed E-state index contributed by atoms with van der Waals surface area (Å²) in [4.78, 5) is 35.5. The molecule has 0 aliphatic rings. The highest BCUT2D eigenvalue weighted by atomic mass is 32.2. The molecule has 2 rings (SSSR count). The summed E-state index contributed by atoms with van der Waals surface area (Å²) < 4.78 is 32.3. The Labute approximate surface area is 161 Å². The molecule has 28 heavy (non-hydrogen) atoms. The number of benzene rings is 1. The van der Waals surface area contributed by atoms with E-state index in [-0.39, 0.29) is 22.7 Å². The van der Waals surface area contributed by atoms with Crippen LogP contribution in [0.1, 0.15) is 20.8 Å². The number of carbonyl (C=O) groups excluding carboxylic acids is 3. The molecular formula is C18H17N3O6S. The van der Waals surface area contributed by atoms with Crippen LogP contribution < -0.4 is 10.0 Å². The second-order valence-corrected chi connectivity index (χ2v) is 7.28. The summed E-state index contributed by atoms with van der Waals surface area (Å²) in [5.41, 5.74) is 0.312. The number of esters is 1. The van der Waals surface area contributed by atoms with Crippen LogP contribution in [0.25, 0.3) is 0 Å². The SMILES string of the molecule is C#CCNS(=O)(=O)c1ccc(C(=O)OCC(=O)NC(=O)c2cccn2C)cc1. The minimum Gasteiger partial charge on any atom is -0.452 e. The Kier molecular flexibility index (Phi) is 6.70. The lowest BCUT2D eigenvalue weighted by Crippen LogP contribution is -2.35. The number of aromatic nitrogens is 1. The number of terminal acetylenes is 1. The molecular weight excluding hydrogens is 386 g/mol. The number of carbonyl (C=O) groups is 3. The molecule has 0 aliphatic heterocycles. The van der Waals surface area contributed by atoms with Crippen LogP contribution in [-0.2, 0) is 26.6 Å². The second-order valence-electron chi connectivity index (χ2n) is 5.51. The molecule has 146 valence electrons. The van der Waals surface area contributed by atoms with Gasteiger partial charge in [-0.25, -0.2) is 13.2 Å². The van der Waals surface area contributed by atoms with Crippen molar-refractivity contribution in [3.05, 3.63) is 53.9 Å². The van der Waals surface area contributed by atoms with Gasteiger partial charge in [0.2, 0.25) is 10.0 Å². The quantitative estimate of drug-likeness (QED) is 0.497. The first-order chi connectivity index (χ1) is 13.2. The predicted octanol–water partition coefficient (Wildman–Crippen LogP) is 0.0500. The van der Waals surface area contributed by atoms with Gasteiger partial charge in [-0.1, -0.05) is 5.92 Å². The van der Waals surface area contributed by atoms with Gasteiger partial charge in [0.05, 0.1) is 17.0 Å². The fourth-order valence-electron chi connectivity index (χ4n) is 2.13. The van der Waals surface area contributed by atoms with Gasteiger partial charge in [-0.05, 0) is 36.4 Å².